The molecular formula is C12H16N4O3S. The molecule has 108 valence electrons. The second kappa shape index (κ2) is 5.37. The summed E-state index contributed by atoms with van der Waals surface area (Å²) in [5.41, 5.74) is 6.15. The van der Waals surface area contributed by atoms with Crippen LogP contribution in [0.5, 0.6) is 5.75 Å². The number of urea groups is 1. The van der Waals surface area contributed by atoms with E-state index in [0.29, 0.717) is 24.8 Å². The molecule has 0 saturated carbocycles. The number of methoxy groups -OCH3 is 1. The molecule has 2 aliphatic heterocycles. The summed E-state index contributed by atoms with van der Waals surface area (Å²) in [5, 5.41) is 0. The van der Waals surface area contributed by atoms with Crippen LogP contribution in [-0.4, -0.2) is 50.3 Å². The van der Waals surface area contributed by atoms with E-state index in [2.05, 4.69) is 9.88 Å². The maximum atomic E-state index is 11.5. The number of nitrogens with zero attached hydrogens (tertiary/aromatic N) is 3. The predicted molar refractivity (Wildman–Crippen MR) is 76.6 cm³/mol. The summed E-state index contributed by atoms with van der Waals surface area (Å²) in [5.74, 6) is 1.93. The Labute approximate surface area is 121 Å². The first-order valence-corrected chi connectivity index (χ1v) is 7.30. The largest absolute Gasteiger partial charge is 0.493 e. The van der Waals surface area contributed by atoms with Crippen LogP contribution in [0.2, 0.25) is 0 Å². The fraction of sp³-hybridized carbons (Fsp3) is 0.500. The fourth-order valence-electron chi connectivity index (χ4n) is 2.36. The average Bonchev–Trinajstić information content (AvgIpc) is 2.92. The van der Waals surface area contributed by atoms with Crippen molar-refractivity contribution in [2.24, 2.45) is 5.73 Å². The number of ether oxygens (including phenoxy) is 2. The first-order chi connectivity index (χ1) is 9.72. The summed E-state index contributed by atoms with van der Waals surface area (Å²) in [4.78, 5) is 20.7. The molecule has 1 fully saturated rings. The van der Waals surface area contributed by atoms with Gasteiger partial charge in [-0.2, -0.15) is 0 Å². The zero-order valence-corrected chi connectivity index (χ0v) is 12.0. The molecule has 0 atom stereocenters. The lowest BCUT2D eigenvalue weighted by Crippen LogP contribution is -2.37. The van der Waals surface area contributed by atoms with E-state index in [1.807, 2.05) is 0 Å². The lowest BCUT2D eigenvalue weighted by Gasteiger charge is -2.29. The SMILES string of the molecule is COc1cnc(N2CCOCC2)c2c1N(C(N)=O)CS2. The highest BCUT2D eigenvalue weighted by Gasteiger charge is 2.32. The molecule has 8 heteroatoms. The standard InChI is InChI=1S/C12H16N4O3S/c1-18-8-6-14-11(15-2-4-19-5-3-15)10-9(8)16(7-20-10)12(13)17/h6H,2-5,7H2,1H3,(H2,13,17). The molecule has 3 rings (SSSR count). The Kier molecular flexibility index (Phi) is 3.58. The first kappa shape index (κ1) is 13.3. The maximum Gasteiger partial charge on any atom is 0.320 e. The number of hydrogen-bond donors (Lipinski definition) is 1. The van der Waals surface area contributed by atoms with Crippen molar-refractivity contribution in [1.82, 2.24) is 4.98 Å². The van der Waals surface area contributed by atoms with Gasteiger partial charge in [0, 0.05) is 13.1 Å². The third-order valence-corrected chi connectivity index (χ3v) is 4.41. The summed E-state index contributed by atoms with van der Waals surface area (Å²) in [7, 11) is 1.56. The van der Waals surface area contributed by atoms with Crippen molar-refractivity contribution in [3.05, 3.63) is 6.20 Å². The molecule has 20 heavy (non-hydrogen) atoms. The topological polar surface area (TPSA) is 80.9 Å². The maximum absolute atomic E-state index is 11.5. The number of morpholine rings is 1. The van der Waals surface area contributed by atoms with Crippen molar-refractivity contribution in [1.29, 1.82) is 0 Å². The van der Waals surface area contributed by atoms with E-state index in [1.165, 1.54) is 4.90 Å². The second-order valence-corrected chi connectivity index (χ2v) is 5.42. The van der Waals surface area contributed by atoms with Crippen molar-refractivity contribution in [3.63, 3.8) is 0 Å². The van der Waals surface area contributed by atoms with Gasteiger partial charge in [0.1, 0.15) is 11.5 Å². The molecular weight excluding hydrogens is 280 g/mol. The molecule has 2 N–H and O–H groups in total. The number of anilines is 2. The van der Waals surface area contributed by atoms with Crippen LogP contribution in [0.4, 0.5) is 16.3 Å². The monoisotopic (exact) mass is 296 g/mol. The Bertz CT molecular complexity index is 534. The minimum Gasteiger partial charge on any atom is -0.493 e. The average molecular weight is 296 g/mol. The third-order valence-electron chi connectivity index (χ3n) is 3.36. The summed E-state index contributed by atoms with van der Waals surface area (Å²) in [6.07, 6.45) is 1.64. The van der Waals surface area contributed by atoms with Gasteiger partial charge in [0.25, 0.3) is 0 Å². The highest BCUT2D eigenvalue weighted by Crippen LogP contribution is 2.48. The number of aromatic nitrogens is 1. The number of fused-ring (bicyclic) bond motifs is 1. The van der Waals surface area contributed by atoms with Gasteiger partial charge < -0.3 is 20.1 Å². The molecule has 1 saturated heterocycles. The van der Waals surface area contributed by atoms with Gasteiger partial charge in [-0.3, -0.25) is 4.90 Å². The van der Waals surface area contributed by atoms with Crippen molar-refractivity contribution in [3.8, 4) is 5.75 Å². The van der Waals surface area contributed by atoms with E-state index in [0.717, 1.165) is 29.5 Å². The highest BCUT2D eigenvalue weighted by molar-refractivity contribution is 8.00. The normalized spacial score (nSPS) is 18.1. The van der Waals surface area contributed by atoms with Crippen LogP contribution in [0.15, 0.2) is 11.1 Å². The Morgan fingerprint density at radius 1 is 1.50 bits per heavy atom. The van der Waals surface area contributed by atoms with E-state index in [-0.39, 0.29) is 0 Å². The van der Waals surface area contributed by atoms with E-state index >= 15 is 0 Å². The Balaban J connectivity index is 2.04. The summed E-state index contributed by atoms with van der Waals surface area (Å²) in [6.45, 7) is 2.96. The smallest absolute Gasteiger partial charge is 0.320 e. The third kappa shape index (κ3) is 2.14. The van der Waals surface area contributed by atoms with Crippen LogP contribution in [0.25, 0.3) is 0 Å². The molecule has 2 aliphatic rings. The van der Waals surface area contributed by atoms with E-state index in [1.54, 1.807) is 25.1 Å². The van der Waals surface area contributed by atoms with E-state index < -0.39 is 6.03 Å². The van der Waals surface area contributed by atoms with Crippen LogP contribution in [0, 0.1) is 0 Å². The lowest BCUT2D eigenvalue weighted by atomic mass is 10.3. The van der Waals surface area contributed by atoms with Crippen LogP contribution in [0.1, 0.15) is 0 Å². The first-order valence-electron chi connectivity index (χ1n) is 6.32. The number of hydrogen-bond acceptors (Lipinski definition) is 6. The van der Waals surface area contributed by atoms with E-state index in [4.69, 9.17) is 15.2 Å². The van der Waals surface area contributed by atoms with Crippen LogP contribution < -0.4 is 20.3 Å². The van der Waals surface area contributed by atoms with Gasteiger partial charge in [0.2, 0.25) is 0 Å². The van der Waals surface area contributed by atoms with Crippen LogP contribution in [-0.2, 0) is 4.74 Å². The zero-order chi connectivity index (χ0) is 14.1. The second-order valence-electron chi connectivity index (χ2n) is 4.47. The molecule has 0 bridgehead atoms. The van der Waals surface area contributed by atoms with Gasteiger partial charge in [0.15, 0.2) is 5.75 Å². The van der Waals surface area contributed by atoms with Gasteiger partial charge >= 0.3 is 6.03 Å². The van der Waals surface area contributed by atoms with E-state index in [9.17, 15) is 4.79 Å². The molecule has 0 aliphatic carbocycles. The van der Waals surface area contributed by atoms with Gasteiger partial charge in [-0.1, -0.05) is 11.8 Å². The van der Waals surface area contributed by atoms with Crippen molar-refractivity contribution < 1.29 is 14.3 Å². The molecule has 1 aromatic rings. The summed E-state index contributed by atoms with van der Waals surface area (Å²) in [6, 6.07) is -0.478. The number of carbonyl (C=O) groups is 1. The van der Waals surface area contributed by atoms with Crippen molar-refractivity contribution in [2.45, 2.75) is 4.90 Å². The summed E-state index contributed by atoms with van der Waals surface area (Å²) >= 11 is 1.55. The molecule has 0 aromatic carbocycles. The zero-order valence-electron chi connectivity index (χ0n) is 11.2. The number of primary amides is 1. The minimum absolute atomic E-state index is 0.478. The van der Waals surface area contributed by atoms with Crippen LogP contribution in [0.3, 0.4) is 0 Å². The molecule has 0 spiro atoms. The number of amides is 2. The Morgan fingerprint density at radius 3 is 2.90 bits per heavy atom. The van der Waals surface area contributed by atoms with Gasteiger partial charge in [-0.25, -0.2) is 9.78 Å². The number of nitrogens with two attached hydrogens (primary N) is 1. The predicted octanol–water partition coefficient (Wildman–Crippen LogP) is 0.875. The van der Waals surface area contributed by atoms with Crippen molar-refractivity contribution >= 4 is 29.3 Å². The lowest BCUT2D eigenvalue weighted by molar-refractivity contribution is 0.122. The molecule has 1 aromatic heterocycles. The highest BCUT2D eigenvalue weighted by atomic mass is 32.2. The Hall–Kier alpha value is -1.67. The Morgan fingerprint density at radius 2 is 2.25 bits per heavy atom. The van der Waals surface area contributed by atoms with Gasteiger partial charge in [0.05, 0.1) is 37.3 Å². The van der Waals surface area contributed by atoms with Gasteiger partial charge in [-0.05, 0) is 0 Å². The fourth-order valence-corrected chi connectivity index (χ4v) is 3.54. The number of thioether (sulfide) groups is 1. The van der Waals surface area contributed by atoms with Crippen LogP contribution >= 0.6 is 11.8 Å². The quantitative estimate of drug-likeness (QED) is 0.872. The number of carbonyl (C=O) groups excluding carboxylic acids is 1. The minimum atomic E-state index is -0.478. The van der Waals surface area contributed by atoms with Gasteiger partial charge in [-0.15, -0.1) is 0 Å². The molecule has 0 radical (unpaired) electrons. The summed E-state index contributed by atoms with van der Waals surface area (Å²) < 4.78 is 10.7. The molecule has 0 unspecified atom stereocenters. The van der Waals surface area contributed by atoms with Crippen molar-refractivity contribution in [2.75, 3.05) is 49.1 Å². The molecule has 2 amide bonds. The number of pyridine rings is 1. The molecule has 3 heterocycles. The molecule has 7 nitrogen and oxygen atoms in total. The number of rotatable bonds is 2.